The van der Waals surface area contributed by atoms with E-state index in [9.17, 15) is 18.0 Å². The summed E-state index contributed by atoms with van der Waals surface area (Å²) in [5, 5.41) is 3.71. The van der Waals surface area contributed by atoms with Crippen LogP contribution < -0.4 is 9.62 Å². The van der Waals surface area contributed by atoms with Crippen molar-refractivity contribution in [2.24, 2.45) is 0 Å². The predicted octanol–water partition coefficient (Wildman–Crippen LogP) is 6.05. The Morgan fingerprint density at radius 3 is 2.11 bits per heavy atom. The molecule has 2 rings (SSSR count). The van der Waals surface area contributed by atoms with Crippen molar-refractivity contribution in [3.63, 3.8) is 0 Å². The van der Waals surface area contributed by atoms with E-state index >= 15 is 0 Å². The molecule has 0 radical (unpaired) electrons. The molecule has 0 aliphatic heterocycles. The second-order valence-corrected chi connectivity index (χ2v) is 12.2. The lowest BCUT2D eigenvalue weighted by Gasteiger charge is -2.32. The molecule has 2 amide bonds. The van der Waals surface area contributed by atoms with Gasteiger partial charge in [0.25, 0.3) is 0 Å². The minimum absolute atomic E-state index is 0.0162. The highest BCUT2D eigenvalue weighted by molar-refractivity contribution is 7.92. The van der Waals surface area contributed by atoms with E-state index in [1.54, 1.807) is 19.1 Å². The molecule has 198 valence electrons. The topological polar surface area (TPSA) is 86.8 Å². The lowest BCUT2D eigenvalue weighted by Crippen LogP contribution is -2.52. The Balaban J connectivity index is 2.49. The summed E-state index contributed by atoms with van der Waals surface area (Å²) in [6.07, 6.45) is 1.62. The van der Waals surface area contributed by atoms with E-state index < -0.39 is 34.4 Å². The molecule has 0 aromatic heterocycles. The number of hydrogen-bond donors (Lipinski definition) is 1. The van der Waals surface area contributed by atoms with Crippen LogP contribution in [0.1, 0.15) is 32.8 Å². The van der Waals surface area contributed by atoms with Crippen molar-refractivity contribution >= 4 is 85.5 Å². The van der Waals surface area contributed by atoms with Crippen LogP contribution in [-0.2, 0) is 26.2 Å². The number of hydrogen-bond acceptors (Lipinski definition) is 4. The smallest absolute Gasteiger partial charge is 0.244 e. The average Bonchev–Trinajstić information content (AvgIpc) is 2.78. The van der Waals surface area contributed by atoms with E-state index in [1.807, 2.05) is 13.8 Å². The number of carbonyl (C=O) groups excluding carboxylic acids is 2. The number of nitrogens with zero attached hydrogens (tertiary/aromatic N) is 2. The van der Waals surface area contributed by atoms with Gasteiger partial charge < -0.3 is 10.2 Å². The normalized spacial score (nSPS) is 13.1. The summed E-state index contributed by atoms with van der Waals surface area (Å²) in [6, 6.07) is 6.23. The van der Waals surface area contributed by atoms with Gasteiger partial charge in [0.1, 0.15) is 12.6 Å². The average molecular weight is 618 g/mol. The predicted molar refractivity (Wildman–Crippen MR) is 148 cm³/mol. The Morgan fingerprint density at radius 1 is 0.944 bits per heavy atom. The summed E-state index contributed by atoms with van der Waals surface area (Å²) < 4.78 is 26.2. The van der Waals surface area contributed by atoms with Gasteiger partial charge in [-0.15, -0.1) is 0 Å². The van der Waals surface area contributed by atoms with Crippen LogP contribution in [0.4, 0.5) is 5.69 Å². The first kappa shape index (κ1) is 30.8. The van der Waals surface area contributed by atoms with Crippen LogP contribution in [-0.4, -0.2) is 50.0 Å². The molecule has 7 nitrogen and oxygen atoms in total. The third-order valence-electron chi connectivity index (χ3n) is 5.46. The molecule has 36 heavy (non-hydrogen) atoms. The number of benzene rings is 2. The van der Waals surface area contributed by atoms with Gasteiger partial charge in [-0.25, -0.2) is 8.42 Å². The minimum Gasteiger partial charge on any atom is -0.352 e. The van der Waals surface area contributed by atoms with Gasteiger partial charge >= 0.3 is 0 Å². The van der Waals surface area contributed by atoms with Gasteiger partial charge in [0.05, 0.1) is 27.0 Å². The zero-order valence-electron chi connectivity index (χ0n) is 20.0. The van der Waals surface area contributed by atoms with Crippen molar-refractivity contribution < 1.29 is 18.0 Å². The van der Waals surface area contributed by atoms with Crippen LogP contribution >= 0.6 is 58.0 Å². The molecule has 0 bridgehead atoms. The third-order valence-corrected chi connectivity index (χ3v) is 8.20. The number of anilines is 1. The van der Waals surface area contributed by atoms with Gasteiger partial charge in [-0.2, -0.15) is 0 Å². The van der Waals surface area contributed by atoms with Crippen molar-refractivity contribution in [1.82, 2.24) is 10.2 Å². The van der Waals surface area contributed by atoms with Crippen molar-refractivity contribution in [2.45, 2.75) is 45.8 Å². The molecule has 0 fully saturated rings. The van der Waals surface area contributed by atoms with Crippen LogP contribution in [0, 0.1) is 0 Å². The maximum absolute atomic E-state index is 13.6. The summed E-state index contributed by atoms with van der Waals surface area (Å²) >= 11 is 30.6. The molecule has 2 aromatic carbocycles. The molecule has 0 spiro atoms. The number of sulfonamides is 1. The summed E-state index contributed by atoms with van der Waals surface area (Å²) in [7, 11) is -4.00. The van der Waals surface area contributed by atoms with Crippen LogP contribution in [0.15, 0.2) is 30.3 Å². The minimum atomic E-state index is -4.00. The Morgan fingerprint density at radius 2 is 1.56 bits per heavy atom. The van der Waals surface area contributed by atoms with Crippen LogP contribution in [0.5, 0.6) is 0 Å². The van der Waals surface area contributed by atoms with Crippen molar-refractivity contribution in [3.05, 3.63) is 61.0 Å². The number of nitrogens with one attached hydrogen (secondary N) is 1. The quantitative estimate of drug-likeness (QED) is 0.329. The Kier molecular flexibility index (Phi) is 11.0. The summed E-state index contributed by atoms with van der Waals surface area (Å²) in [6.45, 7) is 4.58. The summed E-state index contributed by atoms with van der Waals surface area (Å²) in [5.41, 5.74) is 0.499. The number of carbonyl (C=O) groups is 2. The Hall–Kier alpha value is -1.42. The van der Waals surface area contributed by atoms with Gasteiger partial charge in [0.2, 0.25) is 21.8 Å². The van der Waals surface area contributed by atoms with Gasteiger partial charge in [0, 0.05) is 22.6 Å². The van der Waals surface area contributed by atoms with Crippen molar-refractivity contribution in [2.75, 3.05) is 17.1 Å². The standard InChI is InChI=1S/C23H26Cl5N3O4S/c1-5-13(2)29-23(33)14(3)30(11-15-6-7-16(24)8-17(15)25)22(32)12-31(36(4,34)35)21-10-19(27)18(26)9-20(21)28/h6-10,13-14H,5,11-12H2,1-4H3,(H,29,33). The molecule has 2 atom stereocenters. The van der Waals surface area contributed by atoms with E-state index in [1.165, 1.54) is 23.1 Å². The maximum Gasteiger partial charge on any atom is 0.244 e. The lowest BCUT2D eigenvalue weighted by atomic mass is 10.1. The zero-order valence-corrected chi connectivity index (χ0v) is 24.6. The first-order valence-electron chi connectivity index (χ1n) is 10.8. The fourth-order valence-electron chi connectivity index (χ4n) is 3.18. The highest BCUT2D eigenvalue weighted by Crippen LogP contribution is 2.35. The number of rotatable bonds is 10. The van der Waals surface area contributed by atoms with Crippen molar-refractivity contribution in [3.8, 4) is 0 Å². The van der Waals surface area contributed by atoms with Gasteiger partial charge in [-0.1, -0.05) is 71.0 Å². The second-order valence-electron chi connectivity index (χ2n) is 8.24. The largest absolute Gasteiger partial charge is 0.352 e. The van der Waals surface area contributed by atoms with Gasteiger partial charge in [-0.3, -0.25) is 13.9 Å². The molecule has 0 aliphatic carbocycles. The van der Waals surface area contributed by atoms with E-state index in [0.29, 0.717) is 22.0 Å². The fourth-order valence-corrected chi connectivity index (χ4v) is 5.19. The third kappa shape index (κ3) is 8.04. The first-order chi connectivity index (χ1) is 16.6. The summed E-state index contributed by atoms with van der Waals surface area (Å²) in [5.74, 6) is -1.07. The highest BCUT2D eigenvalue weighted by atomic mass is 35.5. The fraction of sp³-hybridized carbons (Fsp3) is 0.391. The Labute approximate surface area is 236 Å². The molecule has 0 heterocycles. The highest BCUT2D eigenvalue weighted by Gasteiger charge is 2.31. The lowest BCUT2D eigenvalue weighted by molar-refractivity contribution is -0.139. The van der Waals surface area contributed by atoms with Crippen LogP contribution in [0.3, 0.4) is 0 Å². The number of amides is 2. The van der Waals surface area contributed by atoms with Crippen LogP contribution in [0.2, 0.25) is 25.1 Å². The second kappa shape index (κ2) is 12.9. The molecule has 2 unspecified atom stereocenters. The van der Waals surface area contributed by atoms with E-state index in [2.05, 4.69) is 5.32 Å². The van der Waals surface area contributed by atoms with Crippen LogP contribution in [0.25, 0.3) is 0 Å². The number of halogens is 5. The van der Waals surface area contributed by atoms with Gasteiger partial charge in [0.15, 0.2) is 0 Å². The Bertz CT molecular complexity index is 1240. The molecule has 13 heteroatoms. The molecular formula is C23H26Cl5N3O4S. The summed E-state index contributed by atoms with van der Waals surface area (Å²) in [4.78, 5) is 27.8. The van der Waals surface area contributed by atoms with E-state index in [4.69, 9.17) is 58.0 Å². The zero-order chi connectivity index (χ0) is 27.4. The van der Waals surface area contributed by atoms with Gasteiger partial charge in [-0.05, 0) is 50.1 Å². The van der Waals surface area contributed by atoms with Crippen molar-refractivity contribution in [1.29, 1.82) is 0 Å². The first-order valence-corrected chi connectivity index (χ1v) is 14.6. The molecule has 0 aliphatic rings. The maximum atomic E-state index is 13.6. The monoisotopic (exact) mass is 615 g/mol. The molecular weight excluding hydrogens is 592 g/mol. The molecule has 1 N–H and O–H groups in total. The van der Waals surface area contributed by atoms with E-state index in [0.717, 1.165) is 10.6 Å². The molecule has 0 saturated heterocycles. The van der Waals surface area contributed by atoms with E-state index in [-0.39, 0.29) is 33.3 Å². The SMILES string of the molecule is CCC(C)NC(=O)C(C)N(Cc1ccc(Cl)cc1Cl)C(=O)CN(c1cc(Cl)c(Cl)cc1Cl)S(C)(=O)=O. The molecule has 2 aromatic rings. The molecule has 0 saturated carbocycles.